The fraction of sp³-hybridized carbons (Fsp3) is 0.556. The molecular formula is C18H25F3N6O3. The molecule has 1 aliphatic heterocycles. The fourth-order valence-corrected chi connectivity index (χ4v) is 3.35. The highest BCUT2D eigenvalue weighted by atomic mass is 19.4. The third kappa shape index (κ3) is 5.38. The minimum atomic E-state index is -5.08. The summed E-state index contributed by atoms with van der Waals surface area (Å²) in [5.74, 6) is -2.80. The number of likely N-dealkylation sites (N-methyl/N-ethyl adjacent to an activating group) is 1. The predicted molar refractivity (Wildman–Crippen MR) is 100 cm³/mol. The zero-order chi connectivity index (χ0) is 22.8. The summed E-state index contributed by atoms with van der Waals surface area (Å²) in [5, 5.41) is 11.5. The molecule has 2 aromatic heterocycles. The molecule has 3 heterocycles. The normalized spacial score (nSPS) is 16.5. The van der Waals surface area contributed by atoms with Gasteiger partial charge in [0.25, 0.3) is 0 Å². The van der Waals surface area contributed by atoms with Gasteiger partial charge in [-0.1, -0.05) is 0 Å². The Hall–Kier alpha value is -2.89. The zero-order valence-corrected chi connectivity index (χ0v) is 17.4. The maximum atomic E-state index is 12.6. The molecule has 0 radical (unpaired) electrons. The van der Waals surface area contributed by atoms with Crippen molar-refractivity contribution in [2.24, 2.45) is 14.1 Å². The fourth-order valence-electron chi connectivity index (χ4n) is 3.35. The second kappa shape index (κ2) is 8.86. The van der Waals surface area contributed by atoms with Gasteiger partial charge >= 0.3 is 12.1 Å². The number of carbonyl (C=O) groups excluding carboxylic acids is 1. The third-order valence-corrected chi connectivity index (χ3v) is 4.67. The number of nitrogens with zero attached hydrogens (tertiary/aromatic N) is 6. The summed E-state index contributed by atoms with van der Waals surface area (Å²) in [5.41, 5.74) is 4.20. The number of alkyl halides is 3. The maximum absolute atomic E-state index is 12.6. The van der Waals surface area contributed by atoms with Crippen LogP contribution >= 0.6 is 0 Å². The Labute approximate surface area is 171 Å². The Morgan fingerprint density at radius 1 is 1.30 bits per heavy atom. The van der Waals surface area contributed by atoms with E-state index < -0.39 is 12.1 Å². The van der Waals surface area contributed by atoms with E-state index in [0.717, 1.165) is 35.9 Å². The Balaban J connectivity index is 0.000000396. The van der Waals surface area contributed by atoms with Crippen molar-refractivity contribution in [2.75, 3.05) is 20.6 Å². The quantitative estimate of drug-likeness (QED) is 0.788. The van der Waals surface area contributed by atoms with Gasteiger partial charge < -0.3 is 14.6 Å². The second-order valence-electron chi connectivity index (χ2n) is 7.35. The molecule has 1 aliphatic rings. The van der Waals surface area contributed by atoms with Crippen LogP contribution in [0.4, 0.5) is 13.2 Å². The molecule has 0 aliphatic carbocycles. The van der Waals surface area contributed by atoms with E-state index in [1.165, 1.54) is 0 Å². The van der Waals surface area contributed by atoms with Crippen molar-refractivity contribution in [1.82, 2.24) is 29.1 Å². The van der Waals surface area contributed by atoms with Crippen molar-refractivity contribution < 1.29 is 27.9 Å². The molecule has 12 heteroatoms. The SMILES string of the molecule is Cc1cc(CN2Cc3ncn(C)c3C(C(=O)N(C)C)C2)n(C)n1.O=C(O)C(F)(F)F. The Morgan fingerprint density at radius 3 is 2.37 bits per heavy atom. The van der Waals surface area contributed by atoms with Crippen molar-refractivity contribution in [3.63, 3.8) is 0 Å². The van der Waals surface area contributed by atoms with E-state index in [1.54, 1.807) is 11.2 Å². The van der Waals surface area contributed by atoms with Gasteiger partial charge in [0.15, 0.2) is 0 Å². The number of carbonyl (C=O) groups is 2. The maximum Gasteiger partial charge on any atom is 0.490 e. The van der Waals surface area contributed by atoms with Crippen molar-refractivity contribution in [3.05, 3.63) is 35.2 Å². The number of aromatic nitrogens is 4. The largest absolute Gasteiger partial charge is 0.490 e. The summed E-state index contributed by atoms with van der Waals surface area (Å²) in [7, 11) is 7.53. The van der Waals surface area contributed by atoms with Crippen LogP contribution in [0.3, 0.4) is 0 Å². The molecule has 9 nitrogen and oxygen atoms in total. The molecule has 166 valence electrons. The lowest BCUT2D eigenvalue weighted by Gasteiger charge is -2.33. The topological polar surface area (TPSA) is 96.5 Å². The number of rotatable bonds is 3. The lowest BCUT2D eigenvalue weighted by molar-refractivity contribution is -0.192. The first kappa shape index (κ1) is 23.4. The number of hydrogen-bond donors (Lipinski definition) is 1. The zero-order valence-electron chi connectivity index (χ0n) is 17.4. The van der Waals surface area contributed by atoms with E-state index in [0.29, 0.717) is 6.54 Å². The van der Waals surface area contributed by atoms with Crippen molar-refractivity contribution in [2.45, 2.75) is 32.1 Å². The van der Waals surface area contributed by atoms with Gasteiger partial charge in [-0.2, -0.15) is 18.3 Å². The first-order valence-electron chi connectivity index (χ1n) is 9.04. The average molecular weight is 430 g/mol. The number of hydrogen-bond acceptors (Lipinski definition) is 5. The van der Waals surface area contributed by atoms with Crippen molar-refractivity contribution in [1.29, 1.82) is 0 Å². The first-order chi connectivity index (χ1) is 13.8. The van der Waals surface area contributed by atoms with Gasteiger partial charge in [0, 0.05) is 47.8 Å². The molecule has 1 amide bonds. The summed E-state index contributed by atoms with van der Waals surface area (Å²) in [4.78, 5) is 30.0. The number of imidazole rings is 1. The van der Waals surface area contributed by atoms with E-state index in [1.807, 2.05) is 44.4 Å². The van der Waals surface area contributed by atoms with Gasteiger partial charge in [-0.05, 0) is 13.0 Å². The molecule has 2 aromatic rings. The Bertz CT molecular complexity index is 919. The van der Waals surface area contributed by atoms with E-state index in [9.17, 15) is 18.0 Å². The van der Waals surface area contributed by atoms with E-state index in [2.05, 4.69) is 21.0 Å². The van der Waals surface area contributed by atoms with Crippen LogP contribution in [0.15, 0.2) is 12.4 Å². The molecule has 0 saturated heterocycles. The summed E-state index contributed by atoms with van der Waals surface area (Å²) in [6, 6.07) is 2.09. The molecule has 0 aromatic carbocycles. The van der Waals surface area contributed by atoms with Crippen LogP contribution in [0, 0.1) is 6.92 Å². The van der Waals surface area contributed by atoms with Gasteiger partial charge in [0.1, 0.15) is 0 Å². The lowest BCUT2D eigenvalue weighted by Crippen LogP contribution is -2.41. The summed E-state index contributed by atoms with van der Waals surface area (Å²) >= 11 is 0. The van der Waals surface area contributed by atoms with Crippen LogP contribution in [0.5, 0.6) is 0 Å². The highest BCUT2D eigenvalue weighted by molar-refractivity contribution is 5.83. The molecule has 0 fully saturated rings. The standard InChI is InChI=1S/C16H24N6O.C2HF3O2/c1-11-6-12(21(5)18-11)7-22-8-13(16(23)19(2)3)15-14(9-22)17-10-20(15)4;3-2(4,5)1(6)7/h6,10,13H,7-9H2,1-5H3;(H,6,7). The van der Waals surface area contributed by atoms with Crippen molar-refractivity contribution in [3.8, 4) is 0 Å². The summed E-state index contributed by atoms with van der Waals surface area (Å²) < 4.78 is 35.6. The first-order valence-corrected chi connectivity index (χ1v) is 9.04. The average Bonchev–Trinajstić information content (AvgIpc) is 3.15. The van der Waals surface area contributed by atoms with Crippen molar-refractivity contribution >= 4 is 11.9 Å². The van der Waals surface area contributed by atoms with Crippen LogP contribution in [0.2, 0.25) is 0 Å². The molecule has 1 unspecified atom stereocenters. The lowest BCUT2D eigenvalue weighted by atomic mass is 9.96. The molecule has 1 N–H and O–H groups in total. The molecule has 0 spiro atoms. The number of aryl methyl sites for hydroxylation is 3. The molecule has 1 atom stereocenters. The smallest absolute Gasteiger partial charge is 0.475 e. The van der Waals surface area contributed by atoms with E-state index in [-0.39, 0.29) is 11.8 Å². The van der Waals surface area contributed by atoms with Gasteiger partial charge in [0.05, 0.1) is 35.0 Å². The number of carboxylic acid groups (broad SMARTS) is 1. The number of amides is 1. The minimum Gasteiger partial charge on any atom is -0.475 e. The monoisotopic (exact) mass is 430 g/mol. The van der Waals surface area contributed by atoms with Gasteiger partial charge in [-0.15, -0.1) is 0 Å². The van der Waals surface area contributed by atoms with Crippen LogP contribution < -0.4 is 0 Å². The van der Waals surface area contributed by atoms with Gasteiger partial charge in [-0.25, -0.2) is 9.78 Å². The Morgan fingerprint density at radius 2 is 1.90 bits per heavy atom. The predicted octanol–water partition coefficient (Wildman–Crippen LogP) is 1.28. The highest BCUT2D eigenvalue weighted by Gasteiger charge is 2.38. The molecule has 30 heavy (non-hydrogen) atoms. The van der Waals surface area contributed by atoms with Crippen LogP contribution in [-0.4, -0.2) is 72.9 Å². The van der Waals surface area contributed by atoms with Crippen LogP contribution in [0.1, 0.15) is 28.7 Å². The second-order valence-corrected chi connectivity index (χ2v) is 7.35. The number of aliphatic carboxylic acids is 1. The minimum absolute atomic E-state index is 0.126. The number of carboxylic acids is 1. The van der Waals surface area contributed by atoms with Gasteiger partial charge in [0.2, 0.25) is 5.91 Å². The van der Waals surface area contributed by atoms with Crippen LogP contribution in [0.25, 0.3) is 0 Å². The van der Waals surface area contributed by atoms with E-state index >= 15 is 0 Å². The molecular weight excluding hydrogens is 405 g/mol. The van der Waals surface area contributed by atoms with Gasteiger partial charge in [-0.3, -0.25) is 14.4 Å². The van der Waals surface area contributed by atoms with Crippen LogP contribution in [-0.2, 0) is 36.8 Å². The number of halogens is 3. The molecule has 0 saturated carbocycles. The van der Waals surface area contributed by atoms with E-state index in [4.69, 9.17) is 9.90 Å². The highest BCUT2D eigenvalue weighted by Crippen LogP contribution is 2.29. The molecule has 0 bridgehead atoms. The Kier molecular flexibility index (Phi) is 6.91. The number of fused-ring (bicyclic) bond motifs is 1. The molecule has 3 rings (SSSR count). The summed E-state index contributed by atoms with van der Waals surface area (Å²) in [6.45, 7) is 4.23. The third-order valence-electron chi connectivity index (χ3n) is 4.67. The summed E-state index contributed by atoms with van der Waals surface area (Å²) in [6.07, 6.45) is -3.28.